The number of halogens is 5. The number of hydrogen-bond acceptors (Lipinski definition) is 6. The molecule has 0 bridgehead atoms. The summed E-state index contributed by atoms with van der Waals surface area (Å²) in [5.41, 5.74) is 1.43. The van der Waals surface area contributed by atoms with Crippen molar-refractivity contribution in [3.63, 3.8) is 0 Å². The second-order valence-electron chi connectivity index (χ2n) is 20.9. The molecule has 0 amide bonds. The van der Waals surface area contributed by atoms with Crippen molar-refractivity contribution in [2.45, 2.75) is 138 Å². The Morgan fingerprint density at radius 2 is 1.23 bits per heavy atom. The number of aryl methyl sites for hydroxylation is 1. The van der Waals surface area contributed by atoms with E-state index in [1.54, 1.807) is 38.2 Å². The van der Waals surface area contributed by atoms with E-state index in [-0.39, 0.29) is 74.2 Å². The van der Waals surface area contributed by atoms with Crippen molar-refractivity contribution in [1.29, 1.82) is 0 Å². The van der Waals surface area contributed by atoms with E-state index in [1.165, 1.54) is 30.5 Å². The summed E-state index contributed by atoms with van der Waals surface area (Å²) in [7, 11) is -4.04. The van der Waals surface area contributed by atoms with Gasteiger partial charge in [-0.3, -0.25) is 9.59 Å². The Balaban J connectivity index is 0.000000291. The minimum absolute atomic E-state index is 0.00361. The molecule has 0 spiro atoms. The van der Waals surface area contributed by atoms with E-state index in [2.05, 4.69) is 95.4 Å². The Morgan fingerprint density at radius 1 is 0.742 bits per heavy atom. The molecule has 0 saturated heterocycles. The van der Waals surface area contributed by atoms with Crippen LogP contribution in [0.25, 0.3) is 21.8 Å². The Hall–Kier alpha value is -3.29. The van der Waals surface area contributed by atoms with Crippen molar-refractivity contribution < 1.29 is 31.6 Å². The normalized spacial score (nSPS) is 13.6. The van der Waals surface area contributed by atoms with Crippen LogP contribution in [0.5, 0.6) is 0 Å². The summed E-state index contributed by atoms with van der Waals surface area (Å²) in [6.45, 7) is 34.7. The van der Waals surface area contributed by atoms with Gasteiger partial charge < -0.3 is 22.7 Å². The van der Waals surface area contributed by atoms with E-state index < -0.39 is 45.5 Å². The van der Waals surface area contributed by atoms with Crippen LogP contribution in [0.4, 0.5) is 13.2 Å². The number of esters is 1. The Labute approximate surface area is 410 Å². The fourth-order valence-electron chi connectivity index (χ4n) is 7.03. The number of fused-ring (bicyclic) bond motifs is 2. The van der Waals surface area contributed by atoms with E-state index in [0.29, 0.717) is 44.2 Å². The first-order valence-corrected chi connectivity index (χ1v) is 29.9. The molecule has 0 N–H and O–H groups in total. The lowest BCUT2D eigenvalue weighted by Crippen LogP contribution is -2.42. The Morgan fingerprint density at radius 3 is 1.71 bits per heavy atom. The van der Waals surface area contributed by atoms with Crippen molar-refractivity contribution in [3.8, 4) is 0 Å². The third kappa shape index (κ3) is 12.5. The van der Waals surface area contributed by atoms with Gasteiger partial charge in [-0.25, -0.2) is 18.0 Å². The highest BCUT2D eigenvalue weighted by Gasteiger charge is 2.39. The van der Waals surface area contributed by atoms with Gasteiger partial charge in [0.15, 0.2) is 22.1 Å². The van der Waals surface area contributed by atoms with E-state index in [0.717, 1.165) is 0 Å². The predicted octanol–water partition coefficient (Wildman–Crippen LogP) is 14.2. The standard InChI is InChI=1S/C28H36ClF2NO2Si.C23H33FINO4Si/c1-17(2)25(16-34-35(7,8)28(4,5)6)32-15-18(3)27(33)21-13-20(23(30)14-24(21)32)12-19-10-9-11-22(29)26(19)31;1-9-29-22(28)16-12-26(19-11-17(24)18(25)10-15(19)21(16)27)20(14(2)3)13-30-31(7,8)23(4,5)6/h9-11,13-15,17,25H,12,16H2,1-8H3;10-12,14,20H,9,13H2,1-8H3/t25-;20-/m00/s1. The maximum Gasteiger partial charge on any atom is 0.343 e. The number of carbonyl (C=O) groups is 1. The molecule has 5 aromatic rings. The van der Waals surface area contributed by atoms with Crippen LogP contribution < -0.4 is 10.9 Å². The van der Waals surface area contributed by atoms with Gasteiger partial charge >= 0.3 is 5.97 Å². The summed E-state index contributed by atoms with van der Waals surface area (Å²) >= 11 is 7.76. The smallest absolute Gasteiger partial charge is 0.343 e. The molecule has 0 aliphatic heterocycles. The zero-order valence-electron chi connectivity index (χ0n) is 41.6. The number of carbonyl (C=O) groups excluding carboxylic acids is 1. The summed E-state index contributed by atoms with van der Waals surface area (Å²) in [5, 5.41) is 0.810. The quantitative estimate of drug-likeness (QED) is 0.0625. The minimum atomic E-state index is -2.03. The van der Waals surface area contributed by atoms with Gasteiger partial charge in [-0.05, 0) is 126 Å². The number of ether oxygens (including phenoxy) is 1. The monoisotopic (exact) mass is 1080 g/mol. The number of nitrogens with zero attached hydrogens (tertiary/aromatic N) is 2. The van der Waals surface area contributed by atoms with E-state index in [9.17, 15) is 23.2 Å². The Kier molecular flexibility index (Phi) is 18.1. The molecule has 0 aliphatic rings. The number of benzene rings is 3. The van der Waals surface area contributed by atoms with Crippen molar-refractivity contribution in [1.82, 2.24) is 9.13 Å². The number of aromatic nitrogens is 2. The maximum absolute atomic E-state index is 15.4. The molecule has 0 saturated carbocycles. The Bertz CT molecular complexity index is 2690. The lowest BCUT2D eigenvalue weighted by molar-refractivity contribution is 0.0523. The molecule has 0 radical (unpaired) electrons. The third-order valence-corrected chi connectivity index (χ3v) is 23.6. The number of hydrogen-bond donors (Lipinski definition) is 0. The van der Waals surface area contributed by atoms with Crippen molar-refractivity contribution in [2.75, 3.05) is 19.8 Å². The van der Waals surface area contributed by atoms with Crippen LogP contribution in [0.3, 0.4) is 0 Å². The molecule has 0 unspecified atom stereocenters. The molecule has 2 heterocycles. The average Bonchev–Trinajstić information content (AvgIpc) is 3.19. The van der Waals surface area contributed by atoms with Gasteiger partial charge in [0.05, 0.1) is 48.0 Å². The molecule has 3 aromatic carbocycles. The molecule has 2 atom stereocenters. The van der Waals surface area contributed by atoms with Gasteiger partial charge in [0.2, 0.25) is 5.43 Å². The van der Waals surface area contributed by atoms with Gasteiger partial charge in [-0.2, -0.15) is 0 Å². The lowest BCUT2D eigenvalue weighted by Gasteiger charge is -2.38. The van der Waals surface area contributed by atoms with Gasteiger partial charge in [-0.1, -0.05) is 93.0 Å². The van der Waals surface area contributed by atoms with Crippen LogP contribution in [0.15, 0.2) is 64.4 Å². The van der Waals surface area contributed by atoms with Crippen molar-refractivity contribution in [3.05, 3.63) is 124 Å². The van der Waals surface area contributed by atoms with Gasteiger partial charge in [-0.15, -0.1) is 0 Å². The maximum atomic E-state index is 15.4. The molecule has 0 fully saturated rings. The first-order chi connectivity index (χ1) is 30.3. The molecule has 5 rings (SSSR count). The van der Waals surface area contributed by atoms with Crippen LogP contribution in [-0.4, -0.2) is 51.6 Å². The van der Waals surface area contributed by atoms with Crippen molar-refractivity contribution >= 4 is 78.6 Å². The van der Waals surface area contributed by atoms with Crippen LogP contribution in [-0.2, 0) is 20.0 Å². The van der Waals surface area contributed by atoms with Crippen LogP contribution in [0.1, 0.15) is 115 Å². The van der Waals surface area contributed by atoms with Gasteiger partial charge in [0, 0.05) is 38.7 Å². The highest BCUT2D eigenvalue weighted by molar-refractivity contribution is 14.1. The molecular formula is C51H69ClF3IN2O6Si2. The number of rotatable bonds is 14. The fourth-order valence-corrected chi connectivity index (χ4v) is 9.74. The zero-order chi connectivity index (χ0) is 50.0. The highest BCUT2D eigenvalue weighted by Crippen LogP contribution is 2.39. The average molecular weight is 1080 g/mol. The predicted molar refractivity (Wildman–Crippen MR) is 278 cm³/mol. The van der Waals surface area contributed by atoms with E-state index in [4.69, 9.17) is 25.2 Å². The first-order valence-electron chi connectivity index (χ1n) is 22.6. The largest absolute Gasteiger partial charge is 0.462 e. The molecule has 15 heteroatoms. The second-order valence-corrected chi connectivity index (χ2v) is 32.1. The van der Waals surface area contributed by atoms with Crippen LogP contribution in [0.2, 0.25) is 41.3 Å². The fraction of sp³-hybridized carbons (Fsp3) is 0.510. The van der Waals surface area contributed by atoms with E-state index >= 15 is 4.39 Å². The number of pyridine rings is 2. The summed E-state index contributed by atoms with van der Waals surface area (Å²) in [6.07, 6.45) is 3.32. The highest BCUT2D eigenvalue weighted by atomic mass is 127. The molecule has 0 aliphatic carbocycles. The SMILES string of the molecule is CCOC(=O)c1cn([C@@H](CO[Si](C)(C)C(C)(C)C)C(C)C)c2cc(F)c(I)cc2c1=O.Cc1cn([C@@H](CO[Si](C)(C)C(C)(C)C)C(C)C)c2cc(F)c(Cc3cccc(Cl)c3F)cc2c1=O. The van der Waals surface area contributed by atoms with Crippen LogP contribution in [0, 0.1) is 39.8 Å². The van der Waals surface area contributed by atoms with Gasteiger partial charge in [0.1, 0.15) is 23.0 Å². The molecule has 2 aromatic heterocycles. The second kappa shape index (κ2) is 21.6. The molecular weight excluding hydrogens is 1010 g/mol. The van der Waals surface area contributed by atoms with Crippen LogP contribution >= 0.6 is 34.2 Å². The summed E-state index contributed by atoms with van der Waals surface area (Å²) in [6, 6.07) is 10.2. The molecule has 362 valence electrons. The molecule has 8 nitrogen and oxygen atoms in total. The van der Waals surface area contributed by atoms with Crippen molar-refractivity contribution in [2.24, 2.45) is 11.8 Å². The zero-order valence-corrected chi connectivity index (χ0v) is 46.5. The van der Waals surface area contributed by atoms with E-state index in [1.807, 2.05) is 31.7 Å². The van der Waals surface area contributed by atoms with Gasteiger partial charge in [0.25, 0.3) is 0 Å². The summed E-state index contributed by atoms with van der Waals surface area (Å²) < 4.78 is 66.6. The molecule has 66 heavy (non-hydrogen) atoms. The summed E-state index contributed by atoms with van der Waals surface area (Å²) in [4.78, 5) is 38.7. The lowest BCUT2D eigenvalue weighted by atomic mass is 9.99. The topological polar surface area (TPSA) is 88.8 Å². The summed E-state index contributed by atoms with van der Waals surface area (Å²) in [5.74, 6) is -1.83. The minimum Gasteiger partial charge on any atom is -0.462 e. The third-order valence-electron chi connectivity index (χ3n) is 13.5. The first kappa shape index (κ1) is 55.3.